The Morgan fingerprint density at radius 1 is 1.41 bits per heavy atom. The Kier molecular flexibility index (Phi) is 2.32. The Labute approximate surface area is 96.4 Å². The first-order valence-electron chi connectivity index (χ1n) is 5.58. The molecule has 7 nitrogen and oxygen atoms in total. The van der Waals surface area contributed by atoms with Gasteiger partial charge in [-0.15, -0.1) is 0 Å². The molecule has 7 heteroatoms. The minimum absolute atomic E-state index is 0.0812. The number of fused-ring (bicyclic) bond motifs is 1. The molecule has 17 heavy (non-hydrogen) atoms. The molecule has 0 bridgehead atoms. The predicted octanol–water partition coefficient (Wildman–Crippen LogP) is -0.0501. The van der Waals surface area contributed by atoms with Crippen LogP contribution in [0, 0.1) is 0 Å². The second kappa shape index (κ2) is 3.85. The van der Waals surface area contributed by atoms with Crippen molar-refractivity contribution in [1.82, 2.24) is 19.9 Å². The standard InChI is InChI=1S/C10H13N5O2/c11-10-14-8-7(9(16)15-10)12-6(13-8)4-5-2-1-3-17-5/h5H,1-4H2,(H4,11,12,13,14,15,16). The molecule has 0 amide bonds. The van der Waals surface area contributed by atoms with E-state index in [0.717, 1.165) is 25.3 Å². The normalized spacial score (nSPS) is 20.1. The van der Waals surface area contributed by atoms with Gasteiger partial charge in [0.15, 0.2) is 11.2 Å². The van der Waals surface area contributed by atoms with Gasteiger partial charge in [-0.2, -0.15) is 4.98 Å². The van der Waals surface area contributed by atoms with Gasteiger partial charge in [0.05, 0.1) is 6.10 Å². The quantitative estimate of drug-likeness (QED) is 0.676. The van der Waals surface area contributed by atoms with Gasteiger partial charge in [-0.25, -0.2) is 4.98 Å². The molecule has 1 aliphatic rings. The largest absolute Gasteiger partial charge is 0.378 e. The molecule has 1 aliphatic heterocycles. The Morgan fingerprint density at radius 3 is 3.06 bits per heavy atom. The summed E-state index contributed by atoms with van der Waals surface area (Å²) in [6.45, 7) is 0.802. The summed E-state index contributed by atoms with van der Waals surface area (Å²) in [7, 11) is 0. The third-order valence-electron chi connectivity index (χ3n) is 2.87. The second-order valence-corrected chi connectivity index (χ2v) is 4.17. The summed E-state index contributed by atoms with van der Waals surface area (Å²) < 4.78 is 5.52. The molecule has 90 valence electrons. The first kappa shape index (κ1) is 10.3. The van der Waals surface area contributed by atoms with Gasteiger partial charge in [-0.3, -0.25) is 9.78 Å². The fraction of sp³-hybridized carbons (Fsp3) is 0.500. The van der Waals surface area contributed by atoms with E-state index < -0.39 is 0 Å². The Bertz CT molecular complexity index is 596. The number of imidazole rings is 1. The minimum Gasteiger partial charge on any atom is -0.378 e. The molecule has 0 aliphatic carbocycles. The van der Waals surface area contributed by atoms with Crippen molar-refractivity contribution in [1.29, 1.82) is 0 Å². The van der Waals surface area contributed by atoms with Crippen LogP contribution in [0.5, 0.6) is 0 Å². The van der Waals surface area contributed by atoms with Crippen LogP contribution in [0.1, 0.15) is 18.7 Å². The number of aromatic amines is 2. The third-order valence-corrected chi connectivity index (χ3v) is 2.87. The number of H-pyrrole nitrogens is 2. The topological polar surface area (TPSA) is 110 Å². The molecule has 0 saturated carbocycles. The summed E-state index contributed by atoms with van der Waals surface area (Å²) in [5, 5.41) is 0. The first-order chi connectivity index (χ1) is 8.22. The van der Waals surface area contributed by atoms with Gasteiger partial charge in [0, 0.05) is 13.0 Å². The average molecular weight is 235 g/mol. The molecule has 3 rings (SSSR count). The zero-order valence-corrected chi connectivity index (χ0v) is 9.19. The number of rotatable bonds is 2. The van der Waals surface area contributed by atoms with Crippen LogP contribution in [0.25, 0.3) is 11.2 Å². The predicted molar refractivity (Wildman–Crippen MR) is 61.6 cm³/mol. The van der Waals surface area contributed by atoms with Gasteiger partial charge < -0.3 is 15.5 Å². The van der Waals surface area contributed by atoms with E-state index in [-0.39, 0.29) is 17.6 Å². The fourth-order valence-electron chi connectivity index (χ4n) is 2.09. The molecule has 0 radical (unpaired) electrons. The first-order valence-corrected chi connectivity index (χ1v) is 5.58. The van der Waals surface area contributed by atoms with E-state index in [1.165, 1.54) is 0 Å². The lowest BCUT2D eigenvalue weighted by molar-refractivity contribution is 0.110. The number of ether oxygens (including phenoxy) is 1. The summed E-state index contributed by atoms with van der Waals surface area (Å²) in [6.07, 6.45) is 2.97. The number of nitrogen functional groups attached to an aromatic ring is 1. The van der Waals surface area contributed by atoms with Crippen molar-refractivity contribution in [2.75, 3.05) is 12.3 Å². The van der Waals surface area contributed by atoms with E-state index in [2.05, 4.69) is 19.9 Å². The van der Waals surface area contributed by atoms with Crippen LogP contribution in [-0.4, -0.2) is 32.6 Å². The van der Waals surface area contributed by atoms with E-state index in [4.69, 9.17) is 10.5 Å². The number of hydrogen-bond donors (Lipinski definition) is 3. The molecule has 1 unspecified atom stereocenters. The summed E-state index contributed by atoms with van der Waals surface area (Å²) in [6, 6.07) is 0. The number of nitrogens with one attached hydrogen (secondary N) is 2. The highest BCUT2D eigenvalue weighted by Crippen LogP contribution is 2.16. The van der Waals surface area contributed by atoms with Crippen LogP contribution in [0.3, 0.4) is 0 Å². The summed E-state index contributed by atoms with van der Waals surface area (Å²) in [4.78, 5) is 25.2. The number of hydrogen-bond acceptors (Lipinski definition) is 5. The maximum Gasteiger partial charge on any atom is 0.278 e. The monoisotopic (exact) mass is 235 g/mol. The summed E-state index contributed by atoms with van der Waals surface area (Å²) in [5.74, 6) is 0.799. The second-order valence-electron chi connectivity index (χ2n) is 4.17. The maximum absolute atomic E-state index is 11.6. The highest BCUT2D eigenvalue weighted by Gasteiger charge is 2.18. The zero-order valence-electron chi connectivity index (χ0n) is 9.19. The lowest BCUT2D eigenvalue weighted by Crippen LogP contribution is -2.11. The summed E-state index contributed by atoms with van der Waals surface area (Å²) in [5.41, 5.74) is 5.89. The van der Waals surface area contributed by atoms with Crippen molar-refractivity contribution >= 4 is 17.1 Å². The van der Waals surface area contributed by atoms with Gasteiger partial charge in [0.1, 0.15) is 5.82 Å². The van der Waals surface area contributed by atoms with E-state index >= 15 is 0 Å². The van der Waals surface area contributed by atoms with Crippen LogP contribution < -0.4 is 11.3 Å². The van der Waals surface area contributed by atoms with Crippen LogP contribution in [0.2, 0.25) is 0 Å². The third kappa shape index (κ3) is 1.89. The van der Waals surface area contributed by atoms with E-state index in [1.807, 2.05) is 0 Å². The molecular formula is C10H13N5O2. The minimum atomic E-state index is -0.293. The van der Waals surface area contributed by atoms with Crippen LogP contribution in [-0.2, 0) is 11.2 Å². The molecular weight excluding hydrogens is 222 g/mol. The highest BCUT2D eigenvalue weighted by molar-refractivity contribution is 5.70. The van der Waals surface area contributed by atoms with Crippen molar-refractivity contribution in [3.63, 3.8) is 0 Å². The number of anilines is 1. The van der Waals surface area contributed by atoms with Crippen molar-refractivity contribution in [3.05, 3.63) is 16.2 Å². The Hall–Kier alpha value is -1.89. The van der Waals surface area contributed by atoms with Crippen molar-refractivity contribution in [2.45, 2.75) is 25.4 Å². The molecule has 3 heterocycles. The van der Waals surface area contributed by atoms with Gasteiger partial charge in [-0.05, 0) is 12.8 Å². The van der Waals surface area contributed by atoms with E-state index in [0.29, 0.717) is 17.6 Å². The molecule has 0 spiro atoms. The number of nitrogens with zero attached hydrogens (tertiary/aromatic N) is 2. The van der Waals surface area contributed by atoms with E-state index in [1.54, 1.807) is 0 Å². The molecule has 1 fully saturated rings. The van der Waals surface area contributed by atoms with Crippen molar-refractivity contribution < 1.29 is 4.74 Å². The molecule has 2 aromatic rings. The van der Waals surface area contributed by atoms with Gasteiger partial charge in [0.2, 0.25) is 5.95 Å². The van der Waals surface area contributed by atoms with Gasteiger partial charge in [-0.1, -0.05) is 0 Å². The Morgan fingerprint density at radius 2 is 2.29 bits per heavy atom. The lowest BCUT2D eigenvalue weighted by Gasteiger charge is -2.05. The molecule has 2 aromatic heterocycles. The highest BCUT2D eigenvalue weighted by atomic mass is 16.5. The average Bonchev–Trinajstić information content (AvgIpc) is 2.87. The summed E-state index contributed by atoms with van der Waals surface area (Å²) >= 11 is 0. The van der Waals surface area contributed by atoms with Crippen LogP contribution in [0.15, 0.2) is 4.79 Å². The SMILES string of the molecule is Nc1nc2nc(CC3CCCO3)[nH]c2c(=O)[nH]1. The van der Waals surface area contributed by atoms with E-state index in [9.17, 15) is 4.79 Å². The fourth-order valence-corrected chi connectivity index (χ4v) is 2.09. The number of aromatic nitrogens is 4. The van der Waals surface area contributed by atoms with Gasteiger partial charge >= 0.3 is 0 Å². The zero-order chi connectivity index (χ0) is 11.8. The van der Waals surface area contributed by atoms with Crippen molar-refractivity contribution in [3.8, 4) is 0 Å². The van der Waals surface area contributed by atoms with Gasteiger partial charge in [0.25, 0.3) is 5.56 Å². The van der Waals surface area contributed by atoms with Crippen molar-refractivity contribution in [2.24, 2.45) is 0 Å². The molecule has 0 aromatic carbocycles. The lowest BCUT2D eigenvalue weighted by atomic mass is 10.2. The molecule has 1 atom stereocenters. The number of nitrogens with two attached hydrogens (primary N) is 1. The van der Waals surface area contributed by atoms with Crippen LogP contribution >= 0.6 is 0 Å². The molecule has 1 saturated heterocycles. The Balaban J connectivity index is 1.95. The maximum atomic E-state index is 11.6. The van der Waals surface area contributed by atoms with Crippen LogP contribution in [0.4, 0.5) is 5.95 Å². The smallest absolute Gasteiger partial charge is 0.278 e. The molecule has 4 N–H and O–H groups in total.